The number of amides is 1. The predicted octanol–water partition coefficient (Wildman–Crippen LogP) is 9.21. The van der Waals surface area contributed by atoms with Crippen LogP contribution >= 0.6 is 30.0 Å². The molecule has 1 unspecified atom stereocenters. The maximum Gasteiger partial charge on any atom is 0.306 e. The number of methoxy groups -OCH3 is 1. The molecule has 1 aliphatic heterocycles. The minimum absolute atomic E-state index is 0.0563. The molecule has 0 bridgehead atoms. The van der Waals surface area contributed by atoms with E-state index in [0.717, 1.165) is 35.8 Å². The SMILES string of the molecule is C=C[C@@H]1C[C@]1(CC(=O)[C@@H]1C[C@@H](Oc2cc(-c3csc(NC(C)C)n3)nc3cc(OC)ccc23)CN1C(=O)[C@@H](CC(=O)OC1CCCC1)C(C)(C)C)P(=O)(O)Cc1csc(C)n1. The van der Waals surface area contributed by atoms with Crippen molar-refractivity contribution in [3.8, 4) is 22.9 Å². The van der Waals surface area contributed by atoms with Gasteiger partial charge in [0.05, 0.1) is 65.3 Å². The number of allylic oxidation sites excluding steroid dienone is 1. The molecule has 4 aromatic rings. The summed E-state index contributed by atoms with van der Waals surface area (Å²) in [4.78, 5) is 70.7. The fraction of sp³-hybridized carbons (Fsp3) is 0.556. The molecule has 2 N–H and O–H groups in total. The van der Waals surface area contributed by atoms with Crippen LogP contribution in [0.1, 0.15) is 96.7 Å². The number of hydrogen-bond donors (Lipinski definition) is 2. The molecule has 2 saturated carbocycles. The van der Waals surface area contributed by atoms with Crippen molar-refractivity contribution in [3.63, 3.8) is 0 Å². The van der Waals surface area contributed by atoms with Gasteiger partial charge in [-0.25, -0.2) is 15.0 Å². The van der Waals surface area contributed by atoms with Crippen LogP contribution in [0.15, 0.2) is 47.7 Å². The molecule has 7 rings (SSSR count). The van der Waals surface area contributed by atoms with E-state index >= 15 is 0 Å². The van der Waals surface area contributed by atoms with Crippen LogP contribution in [0.3, 0.4) is 0 Å². The van der Waals surface area contributed by atoms with Gasteiger partial charge in [0.2, 0.25) is 13.3 Å². The van der Waals surface area contributed by atoms with Gasteiger partial charge in [-0.1, -0.05) is 26.8 Å². The Morgan fingerprint density at radius 2 is 1.84 bits per heavy atom. The minimum atomic E-state index is -4.00. The van der Waals surface area contributed by atoms with Crippen molar-refractivity contribution in [3.05, 3.63) is 58.4 Å². The Labute approximate surface area is 366 Å². The second-order valence-electron chi connectivity index (χ2n) is 18.2. The fourth-order valence-corrected chi connectivity index (χ4v) is 12.9. The molecule has 328 valence electrons. The number of hydrogen-bond acceptors (Lipinski definition) is 13. The number of rotatable bonds is 17. The van der Waals surface area contributed by atoms with Crippen molar-refractivity contribution in [2.75, 3.05) is 19.0 Å². The van der Waals surface area contributed by atoms with Crippen molar-refractivity contribution in [1.29, 1.82) is 0 Å². The molecule has 3 fully saturated rings. The molecular formula is C45H58N5O8PS2. The van der Waals surface area contributed by atoms with Gasteiger partial charge in [-0.3, -0.25) is 18.9 Å². The highest BCUT2D eigenvalue weighted by molar-refractivity contribution is 7.59. The Bertz CT molecular complexity index is 2330. The van der Waals surface area contributed by atoms with Crippen LogP contribution in [0.4, 0.5) is 5.13 Å². The van der Waals surface area contributed by atoms with E-state index in [1.165, 1.54) is 22.7 Å². The largest absolute Gasteiger partial charge is 0.497 e. The van der Waals surface area contributed by atoms with Gasteiger partial charge in [-0.15, -0.1) is 29.3 Å². The first-order chi connectivity index (χ1) is 28.9. The third kappa shape index (κ3) is 9.90. The molecular weight excluding hydrogens is 834 g/mol. The summed E-state index contributed by atoms with van der Waals surface area (Å²) in [5, 5.41) is 8.08. The monoisotopic (exact) mass is 891 g/mol. The van der Waals surface area contributed by atoms with Crippen LogP contribution in [0.5, 0.6) is 11.5 Å². The normalized spacial score (nSPS) is 23.2. The highest BCUT2D eigenvalue weighted by Gasteiger charge is 2.65. The predicted molar refractivity (Wildman–Crippen MR) is 240 cm³/mol. The van der Waals surface area contributed by atoms with Gasteiger partial charge in [0.15, 0.2) is 10.9 Å². The number of ether oxygens (including phenoxy) is 3. The number of Topliss-reactive ketones (excluding diaryl/α,β-unsaturated/α-hetero) is 1. The highest BCUT2D eigenvalue weighted by atomic mass is 32.1. The van der Waals surface area contributed by atoms with Gasteiger partial charge >= 0.3 is 5.97 Å². The van der Waals surface area contributed by atoms with Crippen LogP contribution in [0, 0.1) is 24.2 Å². The van der Waals surface area contributed by atoms with Crippen molar-refractivity contribution < 1.29 is 38.1 Å². The Balaban J connectivity index is 1.22. The summed E-state index contributed by atoms with van der Waals surface area (Å²) in [6, 6.07) is 6.56. The van der Waals surface area contributed by atoms with Gasteiger partial charge in [-0.2, -0.15) is 0 Å². The number of ketones is 1. The Morgan fingerprint density at radius 3 is 2.48 bits per heavy atom. The van der Waals surface area contributed by atoms with Crippen LogP contribution in [-0.4, -0.2) is 85.5 Å². The molecule has 16 heteroatoms. The summed E-state index contributed by atoms with van der Waals surface area (Å²) < 4.78 is 32.6. The lowest BCUT2D eigenvalue weighted by atomic mass is 9.77. The number of carbonyl (C=O) groups is 3. The molecule has 3 aromatic heterocycles. The number of likely N-dealkylation sites (tertiary alicyclic amines) is 1. The number of aryl methyl sites for hydroxylation is 1. The maximum absolute atomic E-state index is 15.0. The number of anilines is 1. The number of carbonyl (C=O) groups excluding carboxylic acids is 3. The molecule has 0 spiro atoms. The maximum atomic E-state index is 15.0. The second kappa shape index (κ2) is 17.9. The Morgan fingerprint density at radius 1 is 1.08 bits per heavy atom. The van der Waals surface area contributed by atoms with E-state index in [2.05, 4.69) is 16.9 Å². The van der Waals surface area contributed by atoms with Crippen LogP contribution < -0.4 is 14.8 Å². The molecule has 2 aliphatic carbocycles. The van der Waals surface area contributed by atoms with Crippen molar-refractivity contribution in [2.45, 2.75) is 129 Å². The zero-order valence-electron chi connectivity index (χ0n) is 36.1. The van der Waals surface area contributed by atoms with E-state index in [0.29, 0.717) is 45.9 Å². The van der Waals surface area contributed by atoms with Crippen molar-refractivity contribution in [1.82, 2.24) is 19.9 Å². The lowest BCUT2D eigenvalue weighted by Gasteiger charge is -2.35. The topological polar surface area (TPSA) is 170 Å². The Kier molecular flexibility index (Phi) is 13.2. The summed E-state index contributed by atoms with van der Waals surface area (Å²) in [5.41, 5.74) is 1.71. The first-order valence-electron chi connectivity index (χ1n) is 21.2. The standard InChI is InChI=1S/C45H58N5O8PS2/c1-9-28-20-45(28,59(54,55)23-29-24-60-27(4)47-29)21-39(51)38-17-32(22-50(38)42(53)34(44(5,6)7)18-41(52)58-30-12-10-11-13-30)57-40-19-36(37-25-61-43(49-37)46-26(2)3)48-35-16-31(56-8)14-15-33(35)40/h9,14-16,19,24-26,28,30,32,34,38H,1,10-13,17-18,20-23H2,2-8H3,(H,46,49)(H,54,55)/t28-,32-,34-,38+,45-/m1/s1. The molecule has 4 heterocycles. The molecule has 6 atom stereocenters. The smallest absolute Gasteiger partial charge is 0.306 e. The lowest BCUT2D eigenvalue weighted by molar-refractivity contribution is -0.156. The first-order valence-corrected chi connectivity index (χ1v) is 24.8. The van der Waals surface area contributed by atoms with Gasteiger partial charge in [0.25, 0.3) is 0 Å². The van der Waals surface area contributed by atoms with Crippen LogP contribution in [-0.2, 0) is 29.8 Å². The fourth-order valence-electron chi connectivity index (χ4n) is 8.85. The molecule has 1 amide bonds. The number of benzene rings is 1. The third-order valence-corrected chi connectivity index (χ3v) is 16.7. The van der Waals surface area contributed by atoms with Crippen LogP contribution in [0.25, 0.3) is 22.3 Å². The lowest BCUT2D eigenvalue weighted by Crippen LogP contribution is -2.48. The number of nitrogens with zero attached hydrogens (tertiary/aromatic N) is 4. The van der Waals surface area contributed by atoms with Gasteiger partial charge < -0.3 is 29.3 Å². The van der Waals surface area contributed by atoms with Gasteiger partial charge in [0.1, 0.15) is 29.4 Å². The van der Waals surface area contributed by atoms with Crippen molar-refractivity contribution in [2.24, 2.45) is 17.3 Å². The molecule has 13 nitrogen and oxygen atoms in total. The minimum Gasteiger partial charge on any atom is -0.497 e. The summed E-state index contributed by atoms with van der Waals surface area (Å²) in [6.45, 7) is 15.7. The van der Waals surface area contributed by atoms with E-state index in [1.807, 2.05) is 71.2 Å². The zero-order chi connectivity index (χ0) is 43.9. The van der Waals surface area contributed by atoms with Gasteiger partial charge in [-0.05, 0) is 76.3 Å². The van der Waals surface area contributed by atoms with E-state index in [1.54, 1.807) is 23.5 Å². The third-order valence-electron chi connectivity index (χ3n) is 12.3. The summed E-state index contributed by atoms with van der Waals surface area (Å²) >= 11 is 2.88. The highest BCUT2D eigenvalue weighted by Crippen LogP contribution is 2.74. The number of thiazole rings is 2. The molecule has 61 heavy (non-hydrogen) atoms. The first kappa shape index (κ1) is 44.9. The van der Waals surface area contributed by atoms with Crippen molar-refractivity contribution >= 4 is 63.7 Å². The van der Waals surface area contributed by atoms with Crippen LogP contribution in [0.2, 0.25) is 0 Å². The average Bonchev–Trinajstić information content (AvgIpc) is 3.76. The van der Waals surface area contributed by atoms with Gasteiger partial charge in [0, 0.05) is 47.2 Å². The van der Waals surface area contributed by atoms with E-state index in [-0.39, 0.29) is 61.7 Å². The number of pyridine rings is 1. The number of esters is 1. The quantitative estimate of drug-likeness (QED) is 0.0586. The summed E-state index contributed by atoms with van der Waals surface area (Å²) in [6.07, 6.45) is 4.43. The summed E-state index contributed by atoms with van der Waals surface area (Å²) in [5.74, 6) is -1.15. The molecule has 1 saturated heterocycles. The number of nitrogens with one attached hydrogen (secondary N) is 1. The molecule has 3 aliphatic rings. The van der Waals surface area contributed by atoms with E-state index in [4.69, 9.17) is 24.2 Å². The average molecular weight is 892 g/mol. The molecule has 1 aromatic carbocycles. The zero-order valence-corrected chi connectivity index (χ0v) is 38.7. The number of fused-ring (bicyclic) bond motifs is 1. The molecule has 0 radical (unpaired) electrons. The Hall–Kier alpha value is -4.17. The van der Waals surface area contributed by atoms with E-state index < -0.39 is 42.0 Å². The van der Waals surface area contributed by atoms with E-state index in [9.17, 15) is 23.8 Å². The summed E-state index contributed by atoms with van der Waals surface area (Å²) in [7, 11) is -2.41. The second-order valence-corrected chi connectivity index (χ2v) is 22.8. The number of aromatic nitrogens is 3.